The number of methoxy groups -OCH3 is 1. The summed E-state index contributed by atoms with van der Waals surface area (Å²) in [6.45, 7) is 5.10. The number of amides is 1. The minimum Gasteiger partial charge on any atom is -0.496 e. The molecule has 7 heteroatoms. The number of carbonyl (C=O) groups excluding carboxylic acids is 1. The zero-order valence-electron chi connectivity index (χ0n) is 17.0. The summed E-state index contributed by atoms with van der Waals surface area (Å²) in [7, 11) is 1.65. The Morgan fingerprint density at radius 3 is 2.90 bits per heavy atom. The fourth-order valence-corrected chi connectivity index (χ4v) is 4.05. The van der Waals surface area contributed by atoms with Gasteiger partial charge in [0.2, 0.25) is 5.91 Å². The Labute approximate surface area is 170 Å². The van der Waals surface area contributed by atoms with E-state index in [2.05, 4.69) is 25.2 Å². The zero-order chi connectivity index (χ0) is 20.4. The van der Waals surface area contributed by atoms with Crippen LogP contribution in [0.2, 0.25) is 0 Å². The summed E-state index contributed by atoms with van der Waals surface area (Å²) in [5.41, 5.74) is 3.64. The highest BCUT2D eigenvalue weighted by atomic mass is 16.5. The minimum absolute atomic E-state index is 0.00839. The number of pyridine rings is 1. The van der Waals surface area contributed by atoms with Gasteiger partial charge in [-0.25, -0.2) is 9.97 Å². The molecule has 2 aromatic heterocycles. The Morgan fingerprint density at radius 2 is 2.07 bits per heavy atom. The van der Waals surface area contributed by atoms with Crippen LogP contribution in [0, 0.1) is 13.8 Å². The summed E-state index contributed by atoms with van der Waals surface area (Å²) in [5.74, 6) is 1.63. The van der Waals surface area contributed by atoms with E-state index in [0.717, 1.165) is 58.7 Å². The zero-order valence-corrected chi connectivity index (χ0v) is 17.0. The number of para-hydroxylation sites is 1. The molecule has 1 atom stereocenters. The van der Waals surface area contributed by atoms with E-state index in [-0.39, 0.29) is 11.9 Å². The van der Waals surface area contributed by atoms with Crippen molar-refractivity contribution < 1.29 is 9.53 Å². The van der Waals surface area contributed by atoms with E-state index in [1.165, 1.54) is 0 Å². The second-order valence-corrected chi connectivity index (χ2v) is 7.33. The molecule has 29 heavy (non-hydrogen) atoms. The predicted molar refractivity (Wildman–Crippen MR) is 112 cm³/mol. The van der Waals surface area contributed by atoms with Gasteiger partial charge in [0.05, 0.1) is 24.9 Å². The molecule has 1 fully saturated rings. The number of benzene rings is 1. The number of ether oxygens (including phenoxy) is 1. The van der Waals surface area contributed by atoms with Crippen molar-refractivity contribution in [1.29, 1.82) is 0 Å². The molecule has 1 aliphatic rings. The van der Waals surface area contributed by atoms with E-state index >= 15 is 0 Å². The lowest BCUT2D eigenvalue weighted by molar-refractivity contribution is -0.122. The highest BCUT2D eigenvalue weighted by molar-refractivity contribution is 5.93. The van der Waals surface area contributed by atoms with Gasteiger partial charge in [-0.1, -0.05) is 12.1 Å². The Kier molecular flexibility index (Phi) is 5.29. The van der Waals surface area contributed by atoms with Crippen molar-refractivity contribution in [3.05, 3.63) is 53.6 Å². The van der Waals surface area contributed by atoms with Crippen molar-refractivity contribution in [2.75, 3.05) is 18.6 Å². The van der Waals surface area contributed by atoms with Crippen LogP contribution in [-0.2, 0) is 11.3 Å². The lowest BCUT2D eigenvalue weighted by Gasteiger charge is -2.26. The normalized spacial score (nSPS) is 16.2. The topological polar surface area (TPSA) is 80.2 Å². The Bertz CT molecular complexity index is 1050. The Morgan fingerprint density at radius 1 is 1.24 bits per heavy atom. The number of aromatic nitrogens is 3. The van der Waals surface area contributed by atoms with Crippen LogP contribution in [-0.4, -0.2) is 40.6 Å². The van der Waals surface area contributed by atoms with Gasteiger partial charge in [0.15, 0.2) is 0 Å². The summed E-state index contributed by atoms with van der Waals surface area (Å²) in [6.07, 6.45) is 5.10. The van der Waals surface area contributed by atoms with Crippen LogP contribution in [0.15, 0.2) is 36.8 Å². The average Bonchev–Trinajstić information content (AvgIpc) is 3.23. The van der Waals surface area contributed by atoms with Crippen molar-refractivity contribution in [2.24, 2.45) is 0 Å². The quantitative estimate of drug-likeness (QED) is 0.720. The molecular formula is C22H25N5O2. The van der Waals surface area contributed by atoms with Crippen molar-refractivity contribution in [3.8, 4) is 5.75 Å². The molecule has 0 bridgehead atoms. The fraction of sp³-hybridized carbons (Fsp3) is 0.364. The third kappa shape index (κ3) is 3.60. The van der Waals surface area contributed by atoms with Gasteiger partial charge in [0.25, 0.3) is 0 Å². The van der Waals surface area contributed by atoms with Gasteiger partial charge in [-0.3, -0.25) is 9.78 Å². The summed E-state index contributed by atoms with van der Waals surface area (Å²) >= 11 is 0. The highest BCUT2D eigenvalue weighted by Crippen LogP contribution is 2.29. The third-order valence-electron chi connectivity index (χ3n) is 5.53. The summed E-state index contributed by atoms with van der Waals surface area (Å²) in [5, 5.41) is 4.03. The molecule has 0 saturated carbocycles. The molecule has 1 saturated heterocycles. The van der Waals surface area contributed by atoms with E-state index in [0.29, 0.717) is 6.54 Å². The maximum Gasteiger partial charge on any atom is 0.243 e. The van der Waals surface area contributed by atoms with Gasteiger partial charge in [-0.05, 0) is 38.8 Å². The van der Waals surface area contributed by atoms with E-state index < -0.39 is 0 Å². The number of nitrogens with zero attached hydrogens (tertiary/aromatic N) is 4. The van der Waals surface area contributed by atoms with Crippen LogP contribution >= 0.6 is 0 Å². The highest BCUT2D eigenvalue weighted by Gasteiger charge is 2.32. The van der Waals surface area contributed by atoms with Gasteiger partial charge in [0.1, 0.15) is 23.9 Å². The molecule has 0 spiro atoms. The minimum atomic E-state index is -0.249. The molecule has 1 amide bonds. The van der Waals surface area contributed by atoms with Crippen LogP contribution in [0.5, 0.6) is 5.75 Å². The molecule has 3 heterocycles. The molecule has 0 unspecified atom stereocenters. The molecule has 0 radical (unpaired) electrons. The number of fused-ring (bicyclic) bond motifs is 1. The lowest BCUT2D eigenvalue weighted by atomic mass is 10.1. The van der Waals surface area contributed by atoms with Gasteiger partial charge in [-0.15, -0.1) is 0 Å². The SMILES string of the molecule is COc1c(C)cnc(CNC(=O)[C@@H]2CCCN2c2ncnc3ccccc23)c1C. The molecule has 0 aliphatic carbocycles. The smallest absolute Gasteiger partial charge is 0.243 e. The Balaban J connectivity index is 1.53. The van der Waals surface area contributed by atoms with E-state index in [1.54, 1.807) is 19.6 Å². The van der Waals surface area contributed by atoms with Crippen molar-refractivity contribution in [3.63, 3.8) is 0 Å². The fourth-order valence-electron chi connectivity index (χ4n) is 4.05. The van der Waals surface area contributed by atoms with Crippen LogP contribution in [0.3, 0.4) is 0 Å². The molecule has 150 valence electrons. The maximum atomic E-state index is 13.0. The van der Waals surface area contributed by atoms with Crippen LogP contribution in [0.1, 0.15) is 29.7 Å². The Hall–Kier alpha value is -3.22. The number of hydrogen-bond donors (Lipinski definition) is 1. The van der Waals surface area contributed by atoms with E-state index in [9.17, 15) is 4.79 Å². The first-order valence-electron chi connectivity index (χ1n) is 9.83. The second-order valence-electron chi connectivity index (χ2n) is 7.33. The number of carbonyl (C=O) groups is 1. The van der Waals surface area contributed by atoms with E-state index in [1.807, 2.05) is 38.1 Å². The second kappa shape index (κ2) is 8.03. The van der Waals surface area contributed by atoms with Crippen LogP contribution < -0.4 is 15.0 Å². The summed E-state index contributed by atoms with van der Waals surface area (Å²) < 4.78 is 5.46. The van der Waals surface area contributed by atoms with E-state index in [4.69, 9.17) is 4.74 Å². The van der Waals surface area contributed by atoms with Gasteiger partial charge in [0, 0.05) is 29.3 Å². The standard InChI is InChI=1S/C22H25N5O2/c1-14-11-23-18(15(2)20(14)29-3)12-24-22(28)19-9-6-10-27(19)21-16-7-4-5-8-17(16)25-13-26-21/h4-5,7-8,11,13,19H,6,9-10,12H2,1-3H3,(H,24,28)/t19-/m0/s1. The lowest BCUT2D eigenvalue weighted by Crippen LogP contribution is -2.43. The molecule has 1 aromatic carbocycles. The number of hydrogen-bond acceptors (Lipinski definition) is 6. The summed E-state index contributed by atoms with van der Waals surface area (Å²) in [6, 6.07) is 7.65. The molecule has 3 aromatic rings. The van der Waals surface area contributed by atoms with Crippen molar-refractivity contribution in [1.82, 2.24) is 20.3 Å². The first-order chi connectivity index (χ1) is 14.1. The molecule has 1 N–H and O–H groups in total. The average molecular weight is 391 g/mol. The largest absolute Gasteiger partial charge is 0.496 e. The summed E-state index contributed by atoms with van der Waals surface area (Å²) in [4.78, 5) is 28.4. The number of aryl methyl sites for hydroxylation is 1. The van der Waals surface area contributed by atoms with Crippen molar-refractivity contribution >= 4 is 22.6 Å². The molecule has 7 nitrogen and oxygen atoms in total. The molecule has 1 aliphatic heterocycles. The first kappa shape index (κ1) is 19.1. The number of anilines is 1. The van der Waals surface area contributed by atoms with Gasteiger partial charge >= 0.3 is 0 Å². The predicted octanol–water partition coefficient (Wildman–Crippen LogP) is 2.94. The molecule has 4 rings (SSSR count). The van der Waals surface area contributed by atoms with Crippen LogP contribution in [0.25, 0.3) is 10.9 Å². The van der Waals surface area contributed by atoms with Crippen LogP contribution in [0.4, 0.5) is 5.82 Å². The van der Waals surface area contributed by atoms with Crippen molar-refractivity contribution in [2.45, 2.75) is 39.3 Å². The third-order valence-corrected chi connectivity index (χ3v) is 5.53. The van der Waals surface area contributed by atoms with Gasteiger partial charge < -0.3 is 15.0 Å². The van der Waals surface area contributed by atoms with Gasteiger partial charge in [-0.2, -0.15) is 0 Å². The first-order valence-corrected chi connectivity index (χ1v) is 9.83. The monoisotopic (exact) mass is 391 g/mol. The number of nitrogens with one attached hydrogen (secondary N) is 1. The maximum absolute atomic E-state index is 13.0. The molecular weight excluding hydrogens is 366 g/mol. The number of rotatable bonds is 5.